The molecule has 3 aromatic rings. The van der Waals surface area contributed by atoms with Gasteiger partial charge in [-0.2, -0.15) is 0 Å². The molecule has 3 rings (SSSR count). The van der Waals surface area contributed by atoms with Gasteiger partial charge in [-0.15, -0.1) is 0 Å². The number of hydrogen-bond acceptors (Lipinski definition) is 6. The lowest BCUT2D eigenvalue weighted by molar-refractivity contribution is 0.373. The lowest BCUT2D eigenvalue weighted by Gasteiger charge is -2.11. The molecule has 0 spiro atoms. The fourth-order valence-electron chi connectivity index (χ4n) is 3.23. The Morgan fingerprint density at radius 3 is 2.45 bits per heavy atom. The minimum absolute atomic E-state index is 0.0117. The zero-order valence-electron chi connectivity index (χ0n) is 18.0. The predicted molar refractivity (Wildman–Crippen MR) is 121 cm³/mol. The molecular weight excluding hydrogens is 396 g/mol. The Kier molecular flexibility index (Phi) is 6.39. The van der Waals surface area contributed by atoms with E-state index < -0.39 is 5.43 Å². The third-order valence-electron chi connectivity index (χ3n) is 5.03. The van der Waals surface area contributed by atoms with E-state index in [0.717, 1.165) is 12.0 Å². The van der Waals surface area contributed by atoms with Crippen molar-refractivity contribution in [1.82, 2.24) is 0 Å². The van der Waals surface area contributed by atoms with Crippen LogP contribution < -0.4 is 10.2 Å². The van der Waals surface area contributed by atoms with Crippen molar-refractivity contribution in [3.05, 3.63) is 69.4 Å². The summed E-state index contributed by atoms with van der Waals surface area (Å²) in [6.07, 6.45) is 5.07. The standard InChI is InChI=1S/C25H26O6/c1-14(2)5-6-15(3)7-9-17-19(27)12-23-24(25(17)29)20(28)13-21(31-23)16-8-10-18(26)22(11-16)30-4/h5,7-8,10-13,26-27,29H,6,9H2,1-4H3/b15-7-. The molecule has 162 valence electrons. The number of phenols is 3. The van der Waals surface area contributed by atoms with Crippen LogP contribution in [-0.2, 0) is 6.42 Å². The van der Waals surface area contributed by atoms with Crippen molar-refractivity contribution >= 4 is 11.0 Å². The maximum atomic E-state index is 12.8. The number of aromatic hydroxyl groups is 3. The summed E-state index contributed by atoms with van der Waals surface area (Å²) >= 11 is 0. The van der Waals surface area contributed by atoms with E-state index >= 15 is 0 Å². The van der Waals surface area contributed by atoms with Gasteiger partial charge < -0.3 is 24.5 Å². The lowest BCUT2D eigenvalue weighted by atomic mass is 10.0. The third-order valence-corrected chi connectivity index (χ3v) is 5.03. The topological polar surface area (TPSA) is 100 Å². The number of rotatable bonds is 6. The van der Waals surface area contributed by atoms with Gasteiger partial charge in [0.25, 0.3) is 0 Å². The highest BCUT2D eigenvalue weighted by molar-refractivity contribution is 5.88. The molecule has 6 heteroatoms. The van der Waals surface area contributed by atoms with Crippen LogP contribution in [0.25, 0.3) is 22.3 Å². The first-order chi connectivity index (χ1) is 14.7. The van der Waals surface area contributed by atoms with Crippen LogP contribution in [-0.4, -0.2) is 22.4 Å². The molecule has 0 unspecified atom stereocenters. The SMILES string of the molecule is COc1cc(-c2cc(=O)c3c(O)c(C/C=C(/C)CC=C(C)C)c(O)cc3o2)ccc1O. The Morgan fingerprint density at radius 2 is 1.77 bits per heavy atom. The summed E-state index contributed by atoms with van der Waals surface area (Å²) in [4.78, 5) is 12.8. The van der Waals surface area contributed by atoms with Crippen molar-refractivity contribution < 1.29 is 24.5 Å². The summed E-state index contributed by atoms with van der Waals surface area (Å²) in [5.41, 5.74) is 2.71. The Labute approximate surface area is 180 Å². The summed E-state index contributed by atoms with van der Waals surface area (Å²) in [7, 11) is 1.42. The molecule has 2 aromatic carbocycles. The van der Waals surface area contributed by atoms with Crippen LogP contribution in [0, 0.1) is 0 Å². The van der Waals surface area contributed by atoms with Crippen molar-refractivity contribution in [2.24, 2.45) is 0 Å². The molecule has 0 radical (unpaired) electrons. The van der Waals surface area contributed by atoms with Crippen LogP contribution in [0.3, 0.4) is 0 Å². The molecule has 0 bridgehead atoms. The van der Waals surface area contributed by atoms with E-state index in [1.54, 1.807) is 6.07 Å². The lowest BCUT2D eigenvalue weighted by Crippen LogP contribution is -2.02. The second kappa shape index (κ2) is 9.00. The second-order valence-electron chi connectivity index (χ2n) is 7.70. The highest BCUT2D eigenvalue weighted by atomic mass is 16.5. The summed E-state index contributed by atoms with van der Waals surface area (Å²) < 4.78 is 10.9. The van der Waals surface area contributed by atoms with Crippen molar-refractivity contribution in [3.8, 4) is 34.3 Å². The van der Waals surface area contributed by atoms with Crippen LogP contribution in [0.2, 0.25) is 0 Å². The molecule has 0 fully saturated rings. The monoisotopic (exact) mass is 422 g/mol. The number of ether oxygens (including phenoxy) is 1. The molecule has 31 heavy (non-hydrogen) atoms. The average molecular weight is 422 g/mol. The van der Waals surface area contributed by atoms with E-state index in [-0.39, 0.29) is 51.7 Å². The molecule has 0 aliphatic heterocycles. The number of hydrogen-bond donors (Lipinski definition) is 3. The third kappa shape index (κ3) is 4.74. The van der Waals surface area contributed by atoms with Gasteiger partial charge in [0.1, 0.15) is 28.2 Å². The van der Waals surface area contributed by atoms with Gasteiger partial charge in [0.2, 0.25) is 0 Å². The van der Waals surface area contributed by atoms with Gasteiger partial charge in [-0.3, -0.25) is 4.79 Å². The number of methoxy groups -OCH3 is 1. The van der Waals surface area contributed by atoms with Crippen molar-refractivity contribution in [2.45, 2.75) is 33.6 Å². The van der Waals surface area contributed by atoms with Crippen LogP contribution in [0.1, 0.15) is 32.8 Å². The van der Waals surface area contributed by atoms with E-state index in [1.165, 1.54) is 36.9 Å². The van der Waals surface area contributed by atoms with Crippen LogP contribution in [0.5, 0.6) is 23.0 Å². The first-order valence-corrected chi connectivity index (χ1v) is 9.89. The van der Waals surface area contributed by atoms with Gasteiger partial charge in [-0.25, -0.2) is 0 Å². The molecule has 0 saturated heterocycles. The van der Waals surface area contributed by atoms with E-state index in [9.17, 15) is 20.1 Å². The van der Waals surface area contributed by atoms with Gasteiger partial charge >= 0.3 is 0 Å². The fourth-order valence-corrected chi connectivity index (χ4v) is 3.23. The van der Waals surface area contributed by atoms with Gasteiger partial charge in [-0.05, 0) is 51.8 Å². The number of allylic oxidation sites excluding steroid dienone is 4. The maximum absolute atomic E-state index is 12.8. The van der Waals surface area contributed by atoms with Gasteiger partial charge in [-0.1, -0.05) is 23.3 Å². The van der Waals surface area contributed by atoms with Gasteiger partial charge in [0.15, 0.2) is 16.9 Å². The van der Waals surface area contributed by atoms with E-state index in [2.05, 4.69) is 6.08 Å². The van der Waals surface area contributed by atoms with Crippen LogP contribution >= 0.6 is 0 Å². The van der Waals surface area contributed by atoms with E-state index in [4.69, 9.17) is 9.15 Å². The molecule has 0 amide bonds. The Morgan fingerprint density at radius 1 is 1.03 bits per heavy atom. The van der Waals surface area contributed by atoms with Gasteiger partial charge in [0, 0.05) is 23.3 Å². The minimum atomic E-state index is -0.438. The number of phenolic OH excluding ortho intramolecular Hbond substituents is 3. The highest BCUT2D eigenvalue weighted by Crippen LogP contribution is 2.37. The molecular formula is C25H26O6. The minimum Gasteiger partial charge on any atom is -0.507 e. The van der Waals surface area contributed by atoms with E-state index in [1.807, 2.05) is 26.8 Å². The molecule has 0 atom stereocenters. The summed E-state index contributed by atoms with van der Waals surface area (Å²) in [6, 6.07) is 7.15. The average Bonchev–Trinajstić information content (AvgIpc) is 2.71. The normalized spacial score (nSPS) is 11.5. The molecule has 0 aliphatic rings. The van der Waals surface area contributed by atoms with Crippen molar-refractivity contribution in [2.75, 3.05) is 7.11 Å². The zero-order chi connectivity index (χ0) is 22.7. The molecule has 1 aromatic heterocycles. The largest absolute Gasteiger partial charge is 0.507 e. The van der Waals surface area contributed by atoms with Crippen molar-refractivity contribution in [3.63, 3.8) is 0 Å². The molecule has 0 aliphatic carbocycles. The smallest absolute Gasteiger partial charge is 0.197 e. The van der Waals surface area contributed by atoms with Crippen LogP contribution in [0.4, 0.5) is 0 Å². The van der Waals surface area contributed by atoms with Crippen molar-refractivity contribution in [1.29, 1.82) is 0 Å². The maximum Gasteiger partial charge on any atom is 0.197 e. The summed E-state index contributed by atoms with van der Waals surface area (Å²) in [5.74, 6) is -0.0247. The Balaban J connectivity index is 2.05. The first kappa shape index (κ1) is 22.0. The van der Waals surface area contributed by atoms with Crippen LogP contribution in [0.15, 0.2) is 62.8 Å². The predicted octanol–water partition coefficient (Wildman–Crippen LogP) is 5.43. The van der Waals surface area contributed by atoms with E-state index in [0.29, 0.717) is 5.56 Å². The summed E-state index contributed by atoms with van der Waals surface area (Å²) in [6.45, 7) is 6.02. The number of benzene rings is 2. The van der Waals surface area contributed by atoms with Gasteiger partial charge in [0.05, 0.1) is 7.11 Å². The number of fused-ring (bicyclic) bond motifs is 1. The fraction of sp³-hybridized carbons (Fsp3) is 0.240. The quantitative estimate of drug-likeness (QED) is 0.458. The Bertz CT molecular complexity index is 1240. The molecule has 3 N–H and O–H groups in total. The molecule has 0 saturated carbocycles. The molecule has 1 heterocycles. The highest BCUT2D eigenvalue weighted by Gasteiger charge is 2.18. The first-order valence-electron chi connectivity index (χ1n) is 9.89. The Hall–Kier alpha value is -3.67. The zero-order valence-corrected chi connectivity index (χ0v) is 18.0. The summed E-state index contributed by atoms with van der Waals surface area (Å²) in [5, 5.41) is 31.0. The molecule has 6 nitrogen and oxygen atoms in total. The second-order valence-corrected chi connectivity index (χ2v) is 7.70.